The lowest BCUT2D eigenvalue weighted by Gasteiger charge is -2.34. The average Bonchev–Trinajstić information content (AvgIpc) is 3.21. The highest BCUT2D eigenvalue weighted by atomic mass is 16.2. The molecule has 3 atom stereocenters. The van der Waals surface area contributed by atoms with Gasteiger partial charge in [-0.15, -0.1) is 0 Å². The Hall–Kier alpha value is -2.96. The molecule has 0 aliphatic heterocycles. The van der Waals surface area contributed by atoms with Gasteiger partial charge in [-0.2, -0.15) is 10.2 Å². The summed E-state index contributed by atoms with van der Waals surface area (Å²) in [7, 11) is 0. The molecule has 0 unspecified atom stereocenters. The molecule has 0 spiro atoms. The zero-order chi connectivity index (χ0) is 22.1. The summed E-state index contributed by atoms with van der Waals surface area (Å²) in [5, 5.41) is 12.0. The number of hydrogen-bond acceptors (Lipinski definition) is 4. The minimum Gasteiger partial charge on any atom is -0.351 e. The van der Waals surface area contributed by atoms with E-state index in [4.69, 9.17) is 0 Å². The molecule has 0 radical (unpaired) electrons. The number of rotatable bonds is 5. The van der Waals surface area contributed by atoms with Crippen molar-refractivity contribution < 1.29 is 4.79 Å². The third-order valence-corrected chi connectivity index (χ3v) is 6.74. The zero-order valence-electron chi connectivity index (χ0n) is 18.8. The Morgan fingerprint density at radius 1 is 1.16 bits per heavy atom. The summed E-state index contributed by atoms with van der Waals surface area (Å²) in [4.78, 5) is 25.7. The Morgan fingerprint density at radius 2 is 1.90 bits per heavy atom. The van der Waals surface area contributed by atoms with E-state index in [2.05, 4.69) is 48.4 Å². The molecule has 0 bridgehead atoms. The minimum absolute atomic E-state index is 0.0838. The van der Waals surface area contributed by atoms with Crippen molar-refractivity contribution in [2.45, 2.75) is 66.0 Å². The molecule has 1 aliphatic rings. The summed E-state index contributed by atoms with van der Waals surface area (Å²) < 4.78 is 2.81. The van der Waals surface area contributed by atoms with Crippen LogP contribution in [-0.2, 0) is 17.8 Å². The first-order valence-corrected chi connectivity index (χ1v) is 11.2. The number of nitrogens with one attached hydrogen (secondary N) is 1. The van der Waals surface area contributed by atoms with E-state index in [1.165, 1.54) is 16.7 Å². The van der Waals surface area contributed by atoms with Gasteiger partial charge in [0.2, 0.25) is 5.91 Å². The normalized spacial score (nSPS) is 21.4. The van der Waals surface area contributed by atoms with Gasteiger partial charge in [0.15, 0.2) is 0 Å². The molecule has 2 aromatic heterocycles. The Morgan fingerprint density at radius 3 is 2.61 bits per heavy atom. The molecule has 3 aromatic rings. The first-order valence-electron chi connectivity index (χ1n) is 11.2. The van der Waals surface area contributed by atoms with Gasteiger partial charge in [0.05, 0.1) is 5.69 Å². The van der Waals surface area contributed by atoms with Gasteiger partial charge in [-0.3, -0.25) is 9.59 Å². The lowest BCUT2D eigenvalue weighted by molar-refractivity contribution is -0.123. The summed E-state index contributed by atoms with van der Waals surface area (Å²) in [5.74, 6) is 1.43. The van der Waals surface area contributed by atoms with E-state index in [-0.39, 0.29) is 24.1 Å². The van der Waals surface area contributed by atoms with E-state index in [0.29, 0.717) is 23.2 Å². The SMILES string of the molecule is CCc1ccc(-c2cc3c(=O)n(CC(=O)N[C@@H]4CCC[C@@H](C)[C@@H]4C)nc(C)n3n2)cc1. The molecule has 1 fully saturated rings. The van der Waals surface area contributed by atoms with Crippen LogP contribution in [0.15, 0.2) is 35.1 Å². The summed E-state index contributed by atoms with van der Waals surface area (Å²) in [5.41, 5.74) is 3.03. The van der Waals surface area contributed by atoms with Gasteiger partial charge in [-0.25, -0.2) is 9.20 Å². The van der Waals surface area contributed by atoms with Crippen LogP contribution >= 0.6 is 0 Å². The second-order valence-corrected chi connectivity index (χ2v) is 8.83. The van der Waals surface area contributed by atoms with Crippen LogP contribution in [0.2, 0.25) is 0 Å². The lowest BCUT2D eigenvalue weighted by atomic mass is 9.78. The number of amides is 1. The number of aromatic nitrogens is 4. The predicted octanol–water partition coefficient (Wildman–Crippen LogP) is 3.37. The van der Waals surface area contributed by atoms with Crippen LogP contribution in [0.3, 0.4) is 0 Å². The topological polar surface area (TPSA) is 81.3 Å². The summed E-state index contributed by atoms with van der Waals surface area (Å²) in [6, 6.07) is 10.1. The Kier molecular flexibility index (Phi) is 5.94. The van der Waals surface area contributed by atoms with Gasteiger partial charge >= 0.3 is 0 Å². The van der Waals surface area contributed by atoms with Crippen molar-refractivity contribution in [3.8, 4) is 11.3 Å². The van der Waals surface area contributed by atoms with E-state index >= 15 is 0 Å². The molecule has 7 nitrogen and oxygen atoms in total. The molecule has 1 aromatic carbocycles. The van der Waals surface area contributed by atoms with E-state index in [0.717, 1.165) is 30.5 Å². The van der Waals surface area contributed by atoms with Gasteiger partial charge in [0.1, 0.15) is 17.9 Å². The fourth-order valence-corrected chi connectivity index (χ4v) is 4.51. The van der Waals surface area contributed by atoms with Crippen LogP contribution in [0.5, 0.6) is 0 Å². The van der Waals surface area contributed by atoms with Crippen molar-refractivity contribution in [2.75, 3.05) is 0 Å². The van der Waals surface area contributed by atoms with Gasteiger partial charge in [-0.1, -0.05) is 57.9 Å². The van der Waals surface area contributed by atoms with Crippen molar-refractivity contribution in [3.63, 3.8) is 0 Å². The largest absolute Gasteiger partial charge is 0.351 e. The average molecular weight is 422 g/mol. The molecule has 1 aliphatic carbocycles. The predicted molar refractivity (Wildman–Crippen MR) is 121 cm³/mol. The molecular formula is C24H31N5O2. The van der Waals surface area contributed by atoms with E-state index in [1.54, 1.807) is 17.5 Å². The number of nitrogens with zero attached hydrogens (tertiary/aromatic N) is 4. The molecule has 2 heterocycles. The number of benzene rings is 1. The number of carbonyl (C=O) groups excluding carboxylic acids is 1. The first-order chi connectivity index (χ1) is 14.9. The van der Waals surface area contributed by atoms with Crippen molar-refractivity contribution >= 4 is 11.4 Å². The molecule has 7 heteroatoms. The molecule has 31 heavy (non-hydrogen) atoms. The van der Waals surface area contributed by atoms with Crippen LogP contribution in [0.25, 0.3) is 16.8 Å². The van der Waals surface area contributed by atoms with Crippen LogP contribution in [0.1, 0.15) is 51.4 Å². The highest BCUT2D eigenvalue weighted by Crippen LogP contribution is 2.29. The molecule has 1 saturated carbocycles. The molecule has 164 valence electrons. The van der Waals surface area contributed by atoms with Crippen LogP contribution in [0.4, 0.5) is 0 Å². The molecule has 4 rings (SSSR count). The summed E-state index contributed by atoms with van der Waals surface area (Å²) >= 11 is 0. The maximum absolute atomic E-state index is 13.0. The summed E-state index contributed by atoms with van der Waals surface area (Å²) in [6.45, 7) is 8.25. The second kappa shape index (κ2) is 8.65. The Bertz CT molecular complexity index is 1150. The van der Waals surface area contributed by atoms with Crippen molar-refractivity contribution in [1.82, 2.24) is 24.7 Å². The van der Waals surface area contributed by atoms with Crippen molar-refractivity contribution in [1.29, 1.82) is 0 Å². The Labute approximate surface area is 182 Å². The van der Waals surface area contributed by atoms with E-state index in [1.807, 2.05) is 12.1 Å². The fraction of sp³-hybridized carbons (Fsp3) is 0.500. The highest BCUT2D eigenvalue weighted by Gasteiger charge is 2.28. The van der Waals surface area contributed by atoms with Crippen molar-refractivity contribution in [3.05, 3.63) is 52.1 Å². The quantitative estimate of drug-likeness (QED) is 0.685. The van der Waals surface area contributed by atoms with Gasteiger partial charge in [0.25, 0.3) is 5.56 Å². The molecular weight excluding hydrogens is 390 g/mol. The van der Waals surface area contributed by atoms with Gasteiger partial charge < -0.3 is 5.32 Å². The lowest BCUT2D eigenvalue weighted by Crippen LogP contribution is -2.46. The molecule has 0 saturated heterocycles. The molecule has 1 amide bonds. The third-order valence-electron chi connectivity index (χ3n) is 6.74. The monoisotopic (exact) mass is 421 g/mol. The van der Waals surface area contributed by atoms with E-state index < -0.39 is 0 Å². The maximum Gasteiger partial charge on any atom is 0.293 e. The van der Waals surface area contributed by atoms with Crippen molar-refractivity contribution in [2.24, 2.45) is 11.8 Å². The van der Waals surface area contributed by atoms with Gasteiger partial charge in [-0.05, 0) is 43.2 Å². The number of hydrogen-bond donors (Lipinski definition) is 1. The standard InChI is InChI=1S/C24H31N5O2/c1-5-18-9-11-19(12-10-18)21-13-22-24(31)28(26-17(4)29(22)27-21)14-23(30)25-20-8-6-7-15(2)16(20)3/h9-13,15-16,20H,5-8,14H2,1-4H3,(H,25,30)/t15-,16+,20-/m1/s1. The van der Waals surface area contributed by atoms with Crippen LogP contribution < -0.4 is 10.9 Å². The summed E-state index contributed by atoms with van der Waals surface area (Å²) in [6.07, 6.45) is 4.28. The second-order valence-electron chi connectivity index (χ2n) is 8.83. The smallest absolute Gasteiger partial charge is 0.293 e. The zero-order valence-corrected chi connectivity index (χ0v) is 18.8. The third kappa shape index (κ3) is 4.27. The number of carbonyl (C=O) groups is 1. The highest BCUT2D eigenvalue weighted by molar-refractivity contribution is 5.76. The van der Waals surface area contributed by atoms with Crippen LogP contribution in [-0.4, -0.2) is 31.3 Å². The first kappa shape index (κ1) is 21.3. The minimum atomic E-state index is -0.310. The van der Waals surface area contributed by atoms with Gasteiger partial charge in [0, 0.05) is 11.6 Å². The van der Waals surface area contributed by atoms with E-state index in [9.17, 15) is 9.59 Å². The number of aryl methyl sites for hydroxylation is 2. The Balaban J connectivity index is 1.58. The molecule has 1 N–H and O–H groups in total. The fourth-order valence-electron chi connectivity index (χ4n) is 4.51. The number of fused-ring (bicyclic) bond motifs is 1. The van der Waals surface area contributed by atoms with Crippen LogP contribution in [0, 0.1) is 18.8 Å². The maximum atomic E-state index is 13.0.